The van der Waals surface area contributed by atoms with Gasteiger partial charge in [0.2, 0.25) is 0 Å². The molecule has 0 saturated heterocycles. The number of nitriles is 1. The van der Waals surface area contributed by atoms with E-state index in [4.69, 9.17) is 10.4 Å². The number of benzene rings is 1. The van der Waals surface area contributed by atoms with Crippen molar-refractivity contribution in [1.29, 1.82) is 5.26 Å². The van der Waals surface area contributed by atoms with E-state index in [2.05, 4.69) is 6.07 Å². The number of rotatable bonds is 1. The third kappa shape index (κ3) is 3.14. The highest BCUT2D eigenvalue weighted by Crippen LogP contribution is 2.26. The number of allylic oxidation sites excluding steroid dienone is 1. The number of hydrogen-bond acceptors (Lipinski definition) is 2. The van der Waals surface area contributed by atoms with Crippen LogP contribution in [0.2, 0.25) is 0 Å². The highest BCUT2D eigenvalue weighted by molar-refractivity contribution is 5.59. The molecule has 1 aromatic carbocycles. The summed E-state index contributed by atoms with van der Waals surface area (Å²) in [6.07, 6.45) is 1.85. The van der Waals surface area contributed by atoms with Gasteiger partial charge in [0, 0.05) is 5.57 Å². The molecule has 0 radical (unpaired) electrons. The molecule has 1 N–H and O–H groups in total. The van der Waals surface area contributed by atoms with Crippen molar-refractivity contribution in [2.24, 2.45) is 5.41 Å². The zero-order valence-electron chi connectivity index (χ0n) is 9.28. The standard InChI is InChI=1S/C13H15NO/c1-13(2,3)11(9-14)8-10-4-6-12(15)7-5-10/h4-8,15H,1-3H3. The maximum Gasteiger partial charge on any atom is 0.115 e. The van der Waals surface area contributed by atoms with Crippen LogP contribution in [0.15, 0.2) is 29.8 Å². The Hall–Kier alpha value is -1.75. The average molecular weight is 201 g/mol. The lowest BCUT2D eigenvalue weighted by Gasteiger charge is -2.16. The fraction of sp³-hybridized carbons (Fsp3) is 0.308. The van der Waals surface area contributed by atoms with Gasteiger partial charge in [0.25, 0.3) is 0 Å². The quantitative estimate of drug-likeness (QED) is 0.708. The first-order valence-electron chi connectivity index (χ1n) is 4.85. The third-order valence-electron chi connectivity index (χ3n) is 2.13. The first kappa shape index (κ1) is 11.3. The second kappa shape index (κ2) is 4.18. The highest BCUT2D eigenvalue weighted by Gasteiger charge is 2.16. The Morgan fingerprint density at radius 3 is 2.20 bits per heavy atom. The highest BCUT2D eigenvalue weighted by atomic mass is 16.3. The summed E-state index contributed by atoms with van der Waals surface area (Å²) in [7, 11) is 0. The van der Waals surface area contributed by atoms with Crippen LogP contribution in [0.1, 0.15) is 26.3 Å². The van der Waals surface area contributed by atoms with Gasteiger partial charge in [-0.1, -0.05) is 32.9 Å². The molecule has 2 nitrogen and oxygen atoms in total. The topological polar surface area (TPSA) is 44.0 Å². The van der Waals surface area contributed by atoms with Crippen LogP contribution < -0.4 is 0 Å². The molecule has 0 unspecified atom stereocenters. The van der Waals surface area contributed by atoms with Gasteiger partial charge in [0.15, 0.2) is 0 Å². The van der Waals surface area contributed by atoms with Gasteiger partial charge >= 0.3 is 0 Å². The molecule has 0 heterocycles. The maximum absolute atomic E-state index is 9.12. The summed E-state index contributed by atoms with van der Waals surface area (Å²) in [5.41, 5.74) is 1.51. The fourth-order valence-electron chi connectivity index (χ4n) is 1.15. The SMILES string of the molecule is CC(C)(C)C(C#N)=Cc1ccc(O)cc1. The second-order valence-electron chi connectivity index (χ2n) is 4.51. The smallest absolute Gasteiger partial charge is 0.115 e. The normalized spacial score (nSPS) is 12.3. The lowest BCUT2D eigenvalue weighted by Crippen LogP contribution is -2.07. The molecule has 0 fully saturated rings. The molecule has 15 heavy (non-hydrogen) atoms. The van der Waals surface area contributed by atoms with Gasteiger partial charge in [-0.05, 0) is 29.2 Å². The van der Waals surface area contributed by atoms with E-state index in [0.29, 0.717) is 0 Å². The molecule has 0 saturated carbocycles. The van der Waals surface area contributed by atoms with Gasteiger partial charge in [-0.15, -0.1) is 0 Å². The van der Waals surface area contributed by atoms with Gasteiger partial charge in [0.1, 0.15) is 5.75 Å². The van der Waals surface area contributed by atoms with E-state index in [0.717, 1.165) is 11.1 Å². The molecule has 0 spiro atoms. The molecule has 1 aromatic rings. The Balaban J connectivity index is 3.06. The van der Waals surface area contributed by atoms with Gasteiger partial charge in [0.05, 0.1) is 6.07 Å². The van der Waals surface area contributed by atoms with E-state index < -0.39 is 0 Å². The molecular weight excluding hydrogens is 186 g/mol. The number of phenols is 1. The Morgan fingerprint density at radius 2 is 1.80 bits per heavy atom. The van der Waals surface area contributed by atoms with Crippen molar-refractivity contribution in [2.45, 2.75) is 20.8 Å². The first-order valence-corrected chi connectivity index (χ1v) is 4.85. The van der Waals surface area contributed by atoms with Crippen molar-refractivity contribution in [3.05, 3.63) is 35.4 Å². The van der Waals surface area contributed by atoms with Crippen LogP contribution in [0, 0.1) is 16.7 Å². The van der Waals surface area contributed by atoms with Gasteiger partial charge in [-0.3, -0.25) is 0 Å². The van der Waals surface area contributed by atoms with Gasteiger partial charge in [-0.2, -0.15) is 5.26 Å². The Bertz CT molecular complexity index is 402. The van der Waals surface area contributed by atoms with Crippen molar-refractivity contribution < 1.29 is 5.11 Å². The van der Waals surface area contributed by atoms with Crippen molar-refractivity contribution in [3.63, 3.8) is 0 Å². The predicted molar refractivity (Wildman–Crippen MR) is 61.2 cm³/mol. The predicted octanol–water partition coefficient (Wildman–Crippen LogP) is 3.35. The lowest BCUT2D eigenvalue weighted by molar-refractivity contribution is 0.475. The molecule has 2 heteroatoms. The Labute approximate surface area is 90.5 Å². The van der Waals surface area contributed by atoms with E-state index in [1.807, 2.05) is 26.8 Å². The zero-order chi connectivity index (χ0) is 11.5. The summed E-state index contributed by atoms with van der Waals surface area (Å²) in [5, 5.41) is 18.1. The Morgan fingerprint density at radius 1 is 1.27 bits per heavy atom. The van der Waals surface area contributed by atoms with E-state index in [9.17, 15) is 0 Å². The molecule has 0 atom stereocenters. The number of aromatic hydroxyl groups is 1. The monoisotopic (exact) mass is 201 g/mol. The van der Waals surface area contributed by atoms with Crippen LogP contribution >= 0.6 is 0 Å². The van der Waals surface area contributed by atoms with Crippen molar-refractivity contribution in [1.82, 2.24) is 0 Å². The number of nitrogens with zero attached hydrogens (tertiary/aromatic N) is 1. The van der Waals surface area contributed by atoms with Crippen LogP contribution in [-0.4, -0.2) is 5.11 Å². The number of hydrogen-bond donors (Lipinski definition) is 1. The van der Waals surface area contributed by atoms with Crippen molar-refractivity contribution >= 4 is 6.08 Å². The molecule has 0 aliphatic carbocycles. The largest absolute Gasteiger partial charge is 0.508 e. The molecule has 0 aromatic heterocycles. The van der Waals surface area contributed by atoms with E-state index >= 15 is 0 Å². The third-order valence-corrected chi connectivity index (χ3v) is 2.13. The van der Waals surface area contributed by atoms with Crippen molar-refractivity contribution in [2.75, 3.05) is 0 Å². The van der Waals surface area contributed by atoms with Gasteiger partial charge in [-0.25, -0.2) is 0 Å². The number of phenolic OH excluding ortho intramolecular Hbond substituents is 1. The summed E-state index contributed by atoms with van der Waals surface area (Å²) in [6.45, 7) is 6.01. The summed E-state index contributed by atoms with van der Waals surface area (Å²) in [4.78, 5) is 0. The summed E-state index contributed by atoms with van der Waals surface area (Å²) >= 11 is 0. The van der Waals surface area contributed by atoms with E-state index in [1.165, 1.54) is 0 Å². The first-order chi connectivity index (χ1) is 6.93. The molecule has 1 rings (SSSR count). The average Bonchev–Trinajstić information content (AvgIpc) is 2.15. The molecule has 0 bridgehead atoms. The summed E-state index contributed by atoms with van der Waals surface area (Å²) < 4.78 is 0. The maximum atomic E-state index is 9.12. The molecule has 78 valence electrons. The molecule has 0 amide bonds. The summed E-state index contributed by atoms with van der Waals surface area (Å²) in [5.74, 6) is 0.237. The zero-order valence-corrected chi connectivity index (χ0v) is 9.28. The van der Waals surface area contributed by atoms with Crippen LogP contribution in [0.25, 0.3) is 6.08 Å². The molecule has 0 aliphatic rings. The minimum absolute atomic E-state index is 0.146. The van der Waals surface area contributed by atoms with Crippen molar-refractivity contribution in [3.8, 4) is 11.8 Å². The minimum Gasteiger partial charge on any atom is -0.508 e. The van der Waals surface area contributed by atoms with E-state index in [1.54, 1.807) is 24.3 Å². The minimum atomic E-state index is -0.146. The van der Waals surface area contributed by atoms with E-state index in [-0.39, 0.29) is 11.2 Å². The van der Waals surface area contributed by atoms with Crippen LogP contribution in [0.3, 0.4) is 0 Å². The van der Waals surface area contributed by atoms with Crippen LogP contribution in [0.4, 0.5) is 0 Å². The Kier molecular flexibility index (Phi) is 3.16. The lowest BCUT2D eigenvalue weighted by atomic mass is 9.86. The molecular formula is C13H15NO. The van der Waals surface area contributed by atoms with Crippen LogP contribution in [-0.2, 0) is 0 Å². The van der Waals surface area contributed by atoms with Gasteiger partial charge < -0.3 is 5.11 Å². The summed E-state index contributed by atoms with van der Waals surface area (Å²) in [6, 6.07) is 9.01. The van der Waals surface area contributed by atoms with Crippen LogP contribution in [0.5, 0.6) is 5.75 Å². The second-order valence-corrected chi connectivity index (χ2v) is 4.51. The molecule has 0 aliphatic heterocycles. The fourth-order valence-corrected chi connectivity index (χ4v) is 1.15.